The average molecular weight is 251 g/mol. The summed E-state index contributed by atoms with van der Waals surface area (Å²) in [7, 11) is 0. The van der Waals surface area contributed by atoms with Crippen molar-refractivity contribution in [3.8, 4) is 0 Å². The Hall–Kier alpha value is -0.450. The van der Waals surface area contributed by atoms with E-state index in [2.05, 4.69) is 20.6 Å². The van der Waals surface area contributed by atoms with E-state index in [0.717, 1.165) is 18.6 Å². The second-order valence-electron chi connectivity index (χ2n) is 5.28. The van der Waals surface area contributed by atoms with Crippen LogP contribution in [-0.4, -0.2) is 35.1 Å². The molecule has 1 saturated carbocycles. The highest BCUT2D eigenvalue weighted by Crippen LogP contribution is 2.22. The molecule has 1 aromatic rings. The molecule has 1 saturated heterocycles. The van der Waals surface area contributed by atoms with Crippen LogP contribution in [-0.2, 0) is 6.54 Å². The molecule has 1 atom stereocenters. The van der Waals surface area contributed by atoms with Gasteiger partial charge in [-0.1, -0.05) is 6.42 Å². The summed E-state index contributed by atoms with van der Waals surface area (Å²) in [5, 5.41) is 5.86. The van der Waals surface area contributed by atoms with Gasteiger partial charge in [0.05, 0.1) is 11.2 Å². The lowest BCUT2D eigenvalue weighted by atomic mass is 10.0. The topological polar surface area (TPSA) is 28.2 Å². The van der Waals surface area contributed by atoms with Crippen molar-refractivity contribution in [2.75, 3.05) is 13.1 Å². The fourth-order valence-corrected chi connectivity index (χ4v) is 3.16. The number of likely N-dealkylation sites (tertiary alicyclic amines) is 1. The Balaban J connectivity index is 1.54. The van der Waals surface area contributed by atoms with Gasteiger partial charge in [0.25, 0.3) is 0 Å². The van der Waals surface area contributed by atoms with Crippen molar-refractivity contribution >= 4 is 11.3 Å². The van der Waals surface area contributed by atoms with E-state index in [-0.39, 0.29) is 0 Å². The molecule has 1 aliphatic heterocycles. The van der Waals surface area contributed by atoms with E-state index in [9.17, 15) is 0 Å². The van der Waals surface area contributed by atoms with Gasteiger partial charge in [-0.2, -0.15) is 0 Å². The van der Waals surface area contributed by atoms with Gasteiger partial charge in [-0.05, 0) is 32.2 Å². The third-order valence-corrected chi connectivity index (χ3v) is 4.45. The molecule has 2 aliphatic rings. The second-order valence-corrected chi connectivity index (χ2v) is 6.00. The molecule has 1 aromatic heterocycles. The number of thiazole rings is 1. The predicted octanol–water partition coefficient (Wildman–Crippen LogP) is 2.25. The van der Waals surface area contributed by atoms with Crippen LogP contribution >= 0.6 is 11.3 Å². The lowest BCUT2D eigenvalue weighted by Crippen LogP contribution is -2.45. The first-order chi connectivity index (χ1) is 8.42. The third kappa shape index (κ3) is 3.27. The van der Waals surface area contributed by atoms with Crippen LogP contribution in [0.5, 0.6) is 0 Å². The van der Waals surface area contributed by atoms with Gasteiger partial charge in [0.2, 0.25) is 0 Å². The fourth-order valence-electron chi connectivity index (χ4n) is 2.61. The van der Waals surface area contributed by atoms with E-state index in [1.165, 1.54) is 50.9 Å². The van der Waals surface area contributed by atoms with Crippen molar-refractivity contribution in [2.45, 2.75) is 50.7 Å². The first-order valence-corrected chi connectivity index (χ1v) is 7.70. The van der Waals surface area contributed by atoms with Crippen LogP contribution in [0.2, 0.25) is 0 Å². The molecule has 2 fully saturated rings. The first-order valence-electron chi connectivity index (χ1n) is 6.76. The molecular weight excluding hydrogens is 230 g/mol. The highest BCUT2D eigenvalue weighted by Gasteiger charge is 2.26. The van der Waals surface area contributed by atoms with E-state index < -0.39 is 0 Å². The van der Waals surface area contributed by atoms with Gasteiger partial charge in [-0.25, -0.2) is 4.98 Å². The number of nitrogens with one attached hydrogen (secondary N) is 1. The van der Waals surface area contributed by atoms with E-state index in [1.54, 1.807) is 11.3 Å². The lowest BCUT2D eigenvalue weighted by molar-refractivity contribution is 0.136. The standard InChI is InChI=1S/C13H21N3S/c1-2-6-16(8-12-9-17-10-15-12)13(3-1)7-14-11-4-5-11/h9-11,13-14H,1-8H2. The van der Waals surface area contributed by atoms with Gasteiger partial charge in [0, 0.05) is 30.6 Å². The molecule has 1 unspecified atom stereocenters. The minimum absolute atomic E-state index is 0.728. The quantitative estimate of drug-likeness (QED) is 0.870. The third-order valence-electron chi connectivity index (χ3n) is 3.82. The number of rotatable bonds is 5. The summed E-state index contributed by atoms with van der Waals surface area (Å²) in [5.74, 6) is 0. The molecule has 94 valence electrons. The van der Waals surface area contributed by atoms with Crippen LogP contribution in [0.4, 0.5) is 0 Å². The van der Waals surface area contributed by atoms with Crippen LogP contribution < -0.4 is 5.32 Å². The summed E-state index contributed by atoms with van der Waals surface area (Å²) < 4.78 is 0. The van der Waals surface area contributed by atoms with Gasteiger partial charge in [-0.15, -0.1) is 11.3 Å². The molecule has 4 heteroatoms. The van der Waals surface area contributed by atoms with Gasteiger partial charge in [0.1, 0.15) is 0 Å². The maximum atomic E-state index is 4.41. The molecule has 0 amide bonds. The van der Waals surface area contributed by atoms with Gasteiger partial charge < -0.3 is 5.32 Å². The molecule has 2 heterocycles. The van der Waals surface area contributed by atoms with Crippen LogP contribution in [0, 0.1) is 0 Å². The molecule has 0 spiro atoms. The minimum Gasteiger partial charge on any atom is -0.312 e. The van der Waals surface area contributed by atoms with Gasteiger partial charge >= 0.3 is 0 Å². The average Bonchev–Trinajstić information content (AvgIpc) is 3.05. The lowest BCUT2D eigenvalue weighted by Gasteiger charge is -2.35. The normalized spacial score (nSPS) is 26.2. The monoisotopic (exact) mass is 251 g/mol. The molecule has 3 rings (SSSR count). The maximum absolute atomic E-state index is 4.41. The molecular formula is C13H21N3S. The molecule has 1 N–H and O–H groups in total. The van der Waals surface area contributed by atoms with Crippen molar-refractivity contribution in [3.05, 3.63) is 16.6 Å². The van der Waals surface area contributed by atoms with Crippen molar-refractivity contribution in [2.24, 2.45) is 0 Å². The van der Waals surface area contributed by atoms with Crippen LogP contribution in [0.3, 0.4) is 0 Å². The number of hydrogen-bond donors (Lipinski definition) is 1. The van der Waals surface area contributed by atoms with Crippen molar-refractivity contribution in [1.29, 1.82) is 0 Å². The molecule has 1 aliphatic carbocycles. The Morgan fingerprint density at radius 3 is 3.06 bits per heavy atom. The Labute approximate surface area is 107 Å². The Kier molecular flexibility index (Phi) is 3.74. The zero-order chi connectivity index (χ0) is 11.5. The highest BCUT2D eigenvalue weighted by atomic mass is 32.1. The summed E-state index contributed by atoms with van der Waals surface area (Å²) in [5.41, 5.74) is 3.19. The molecule has 0 radical (unpaired) electrons. The van der Waals surface area contributed by atoms with Crippen LogP contribution in [0.25, 0.3) is 0 Å². The summed E-state index contributed by atoms with van der Waals surface area (Å²) in [6, 6.07) is 1.56. The van der Waals surface area contributed by atoms with Crippen LogP contribution in [0.15, 0.2) is 10.9 Å². The summed E-state index contributed by atoms with van der Waals surface area (Å²) in [4.78, 5) is 7.03. The van der Waals surface area contributed by atoms with E-state index in [0.29, 0.717) is 0 Å². The van der Waals surface area contributed by atoms with Crippen molar-refractivity contribution in [1.82, 2.24) is 15.2 Å². The number of aromatic nitrogens is 1. The Morgan fingerprint density at radius 1 is 1.35 bits per heavy atom. The molecule has 3 nitrogen and oxygen atoms in total. The Morgan fingerprint density at radius 2 is 2.29 bits per heavy atom. The predicted molar refractivity (Wildman–Crippen MR) is 71.2 cm³/mol. The minimum atomic E-state index is 0.728. The van der Waals surface area contributed by atoms with E-state index in [1.807, 2.05) is 5.51 Å². The first kappa shape index (κ1) is 11.6. The number of hydrogen-bond acceptors (Lipinski definition) is 4. The smallest absolute Gasteiger partial charge is 0.0795 e. The van der Waals surface area contributed by atoms with E-state index in [4.69, 9.17) is 0 Å². The number of nitrogens with zero attached hydrogens (tertiary/aromatic N) is 2. The van der Waals surface area contributed by atoms with E-state index >= 15 is 0 Å². The maximum Gasteiger partial charge on any atom is 0.0795 e. The summed E-state index contributed by atoms with van der Waals surface area (Å²) in [6.07, 6.45) is 6.87. The van der Waals surface area contributed by atoms with Crippen molar-refractivity contribution < 1.29 is 0 Å². The fraction of sp³-hybridized carbons (Fsp3) is 0.769. The van der Waals surface area contributed by atoms with Gasteiger partial charge in [0.15, 0.2) is 0 Å². The number of piperidine rings is 1. The summed E-state index contributed by atoms with van der Waals surface area (Å²) in [6.45, 7) is 3.46. The SMILES string of the molecule is c1nc(CN2CCCCC2CNC2CC2)cs1. The second kappa shape index (κ2) is 5.46. The Bertz CT molecular complexity index is 334. The van der Waals surface area contributed by atoms with Crippen molar-refractivity contribution in [3.63, 3.8) is 0 Å². The zero-order valence-electron chi connectivity index (χ0n) is 10.3. The molecule has 0 aromatic carbocycles. The van der Waals surface area contributed by atoms with Crippen LogP contribution in [0.1, 0.15) is 37.8 Å². The molecule has 0 bridgehead atoms. The zero-order valence-corrected chi connectivity index (χ0v) is 11.1. The highest BCUT2D eigenvalue weighted by molar-refractivity contribution is 7.07. The molecule has 17 heavy (non-hydrogen) atoms. The largest absolute Gasteiger partial charge is 0.312 e. The van der Waals surface area contributed by atoms with Gasteiger partial charge in [-0.3, -0.25) is 4.90 Å². The summed E-state index contributed by atoms with van der Waals surface area (Å²) >= 11 is 1.70.